The summed E-state index contributed by atoms with van der Waals surface area (Å²) >= 11 is 1.33. The van der Waals surface area contributed by atoms with Crippen LogP contribution in [0.2, 0.25) is 0 Å². The minimum Gasteiger partial charge on any atom is -0.449 e. The molecule has 0 saturated heterocycles. The van der Waals surface area contributed by atoms with Crippen molar-refractivity contribution in [2.75, 3.05) is 10.6 Å². The first kappa shape index (κ1) is 20.3. The van der Waals surface area contributed by atoms with Crippen LogP contribution >= 0.6 is 11.3 Å². The highest BCUT2D eigenvalue weighted by molar-refractivity contribution is 7.12. The zero-order chi connectivity index (χ0) is 20.8. The summed E-state index contributed by atoms with van der Waals surface area (Å²) in [6.45, 7) is 3.46. The number of aryl methyl sites for hydroxylation is 1. The molecule has 148 valence electrons. The van der Waals surface area contributed by atoms with Crippen LogP contribution in [0.25, 0.3) is 0 Å². The van der Waals surface area contributed by atoms with Crippen LogP contribution in [-0.2, 0) is 9.53 Å². The van der Waals surface area contributed by atoms with Crippen molar-refractivity contribution in [1.82, 2.24) is 0 Å². The van der Waals surface area contributed by atoms with Crippen LogP contribution in [0.3, 0.4) is 0 Å². The van der Waals surface area contributed by atoms with Crippen molar-refractivity contribution >= 4 is 40.5 Å². The van der Waals surface area contributed by atoms with Gasteiger partial charge in [-0.05, 0) is 55.6 Å². The Kier molecular flexibility index (Phi) is 6.41. The number of ether oxygens (including phenoxy) is 1. The van der Waals surface area contributed by atoms with Gasteiger partial charge < -0.3 is 15.4 Å². The monoisotopic (exact) mass is 408 g/mol. The first-order valence-electron chi connectivity index (χ1n) is 8.96. The number of carbonyl (C=O) groups excluding carboxylic acids is 3. The van der Waals surface area contributed by atoms with Crippen LogP contribution in [-0.4, -0.2) is 23.9 Å². The second kappa shape index (κ2) is 9.16. The van der Waals surface area contributed by atoms with Crippen molar-refractivity contribution in [2.24, 2.45) is 0 Å². The lowest BCUT2D eigenvalue weighted by Gasteiger charge is -2.14. The molecule has 1 aromatic heterocycles. The van der Waals surface area contributed by atoms with Crippen molar-refractivity contribution in [2.45, 2.75) is 20.0 Å². The highest BCUT2D eigenvalue weighted by Gasteiger charge is 2.19. The Morgan fingerprint density at radius 3 is 2.38 bits per heavy atom. The fraction of sp³-hybridized carbons (Fsp3) is 0.136. The molecule has 2 N–H and O–H groups in total. The zero-order valence-electron chi connectivity index (χ0n) is 16.0. The molecular weight excluding hydrogens is 388 g/mol. The van der Waals surface area contributed by atoms with E-state index in [1.807, 2.05) is 24.4 Å². The summed E-state index contributed by atoms with van der Waals surface area (Å²) in [4.78, 5) is 37.4. The fourth-order valence-corrected chi connectivity index (χ4v) is 3.11. The highest BCUT2D eigenvalue weighted by Crippen LogP contribution is 2.16. The van der Waals surface area contributed by atoms with E-state index in [1.54, 1.807) is 42.5 Å². The van der Waals surface area contributed by atoms with E-state index >= 15 is 0 Å². The summed E-state index contributed by atoms with van der Waals surface area (Å²) in [6.07, 6.45) is -0.979. The number of hydrogen-bond donors (Lipinski definition) is 2. The molecule has 0 aliphatic carbocycles. The van der Waals surface area contributed by atoms with E-state index in [1.165, 1.54) is 24.3 Å². The van der Waals surface area contributed by atoms with Crippen LogP contribution in [0.5, 0.6) is 0 Å². The molecule has 3 aromatic rings. The van der Waals surface area contributed by atoms with E-state index < -0.39 is 18.0 Å². The van der Waals surface area contributed by atoms with E-state index in [0.717, 1.165) is 5.56 Å². The zero-order valence-corrected chi connectivity index (χ0v) is 16.8. The maximum Gasteiger partial charge on any atom is 0.338 e. The van der Waals surface area contributed by atoms with Crippen molar-refractivity contribution < 1.29 is 19.1 Å². The molecule has 0 radical (unpaired) electrons. The average molecular weight is 408 g/mol. The first-order valence-corrected chi connectivity index (χ1v) is 9.84. The summed E-state index contributed by atoms with van der Waals surface area (Å²) < 4.78 is 5.26. The smallest absolute Gasteiger partial charge is 0.338 e. The molecule has 0 aliphatic heterocycles. The summed E-state index contributed by atoms with van der Waals surface area (Å²) in [7, 11) is 0. The minimum absolute atomic E-state index is 0.240. The number of esters is 1. The Hall–Kier alpha value is -3.45. The van der Waals surface area contributed by atoms with Crippen LogP contribution in [0.1, 0.15) is 32.5 Å². The number of carbonyl (C=O) groups is 3. The van der Waals surface area contributed by atoms with Gasteiger partial charge in [0, 0.05) is 11.4 Å². The van der Waals surface area contributed by atoms with Crippen LogP contribution in [0.15, 0.2) is 66.0 Å². The predicted molar refractivity (Wildman–Crippen MR) is 113 cm³/mol. The standard InChI is InChI=1S/C22H20N2O4S/c1-14-8-10-17(11-9-14)23-20(25)15(2)28-22(27)16-5-3-6-18(13-16)24-21(26)19-7-4-12-29-19/h3-13,15H,1-2H3,(H,23,25)(H,24,26)/t15-/m1/s1. The maximum atomic E-state index is 12.4. The SMILES string of the molecule is Cc1ccc(NC(=O)[C@@H](C)OC(=O)c2cccc(NC(=O)c3cccs3)c2)cc1. The van der Waals surface area contributed by atoms with Crippen LogP contribution in [0.4, 0.5) is 11.4 Å². The molecule has 2 amide bonds. The predicted octanol–water partition coefficient (Wildman–Crippen LogP) is 4.49. The van der Waals surface area contributed by atoms with Crippen LogP contribution < -0.4 is 10.6 Å². The van der Waals surface area contributed by atoms with Crippen molar-refractivity contribution in [3.8, 4) is 0 Å². The third-order valence-corrected chi connectivity index (χ3v) is 4.94. The van der Waals surface area contributed by atoms with Gasteiger partial charge in [-0.1, -0.05) is 29.8 Å². The van der Waals surface area contributed by atoms with Crippen molar-refractivity contribution in [1.29, 1.82) is 0 Å². The Balaban J connectivity index is 1.60. The summed E-state index contributed by atoms with van der Waals surface area (Å²) in [5.41, 5.74) is 2.41. The number of anilines is 2. The molecule has 7 heteroatoms. The summed E-state index contributed by atoms with van der Waals surface area (Å²) in [5, 5.41) is 7.26. The molecule has 3 rings (SSSR count). The van der Waals surface area contributed by atoms with Gasteiger partial charge in [-0.2, -0.15) is 0 Å². The van der Waals surface area contributed by atoms with Gasteiger partial charge >= 0.3 is 5.97 Å². The number of amides is 2. The molecule has 6 nitrogen and oxygen atoms in total. The normalized spacial score (nSPS) is 11.4. The van der Waals surface area contributed by atoms with Gasteiger partial charge in [-0.25, -0.2) is 4.79 Å². The highest BCUT2D eigenvalue weighted by atomic mass is 32.1. The number of benzene rings is 2. The minimum atomic E-state index is -0.979. The second-order valence-corrected chi connectivity index (χ2v) is 7.36. The lowest BCUT2D eigenvalue weighted by atomic mass is 10.2. The third-order valence-electron chi connectivity index (χ3n) is 4.07. The van der Waals surface area contributed by atoms with Crippen molar-refractivity contribution in [3.05, 3.63) is 82.0 Å². The Morgan fingerprint density at radius 1 is 0.931 bits per heavy atom. The van der Waals surface area contributed by atoms with E-state index in [0.29, 0.717) is 16.3 Å². The van der Waals surface area contributed by atoms with E-state index in [-0.39, 0.29) is 11.5 Å². The third kappa shape index (κ3) is 5.52. The van der Waals surface area contributed by atoms with E-state index in [4.69, 9.17) is 4.74 Å². The Bertz CT molecular complexity index is 1010. The van der Waals surface area contributed by atoms with Gasteiger partial charge in [-0.15, -0.1) is 11.3 Å². The van der Waals surface area contributed by atoms with Gasteiger partial charge in [0.25, 0.3) is 11.8 Å². The number of thiophene rings is 1. The quantitative estimate of drug-likeness (QED) is 0.589. The lowest BCUT2D eigenvalue weighted by molar-refractivity contribution is -0.123. The lowest BCUT2D eigenvalue weighted by Crippen LogP contribution is -2.30. The van der Waals surface area contributed by atoms with Gasteiger partial charge in [0.2, 0.25) is 0 Å². The van der Waals surface area contributed by atoms with Gasteiger partial charge in [0.1, 0.15) is 0 Å². The number of nitrogens with one attached hydrogen (secondary N) is 2. The Labute approximate surface area is 172 Å². The molecule has 0 saturated carbocycles. The number of hydrogen-bond acceptors (Lipinski definition) is 5. The van der Waals surface area contributed by atoms with E-state index in [9.17, 15) is 14.4 Å². The average Bonchev–Trinajstić information content (AvgIpc) is 3.25. The largest absolute Gasteiger partial charge is 0.449 e. The van der Waals surface area contributed by atoms with Gasteiger partial charge in [0.05, 0.1) is 10.4 Å². The molecular formula is C22H20N2O4S. The van der Waals surface area contributed by atoms with Gasteiger partial charge in [0.15, 0.2) is 6.10 Å². The first-order chi connectivity index (χ1) is 13.9. The maximum absolute atomic E-state index is 12.4. The second-order valence-electron chi connectivity index (χ2n) is 6.42. The molecule has 0 bridgehead atoms. The molecule has 0 aliphatic rings. The topological polar surface area (TPSA) is 84.5 Å². The molecule has 0 spiro atoms. The molecule has 2 aromatic carbocycles. The van der Waals surface area contributed by atoms with Crippen molar-refractivity contribution in [3.63, 3.8) is 0 Å². The van der Waals surface area contributed by atoms with Crippen LogP contribution in [0, 0.1) is 6.92 Å². The van der Waals surface area contributed by atoms with Gasteiger partial charge in [-0.3, -0.25) is 9.59 Å². The molecule has 0 fully saturated rings. The summed E-state index contributed by atoms with van der Waals surface area (Å²) in [6, 6.07) is 17.2. The molecule has 29 heavy (non-hydrogen) atoms. The Morgan fingerprint density at radius 2 is 1.69 bits per heavy atom. The fourth-order valence-electron chi connectivity index (χ4n) is 2.49. The summed E-state index contributed by atoms with van der Waals surface area (Å²) in [5.74, 6) is -1.33. The molecule has 1 atom stereocenters. The van der Waals surface area contributed by atoms with E-state index in [2.05, 4.69) is 10.6 Å². The number of rotatable bonds is 6. The molecule has 0 unspecified atom stereocenters. The molecule has 1 heterocycles.